The lowest BCUT2D eigenvalue weighted by molar-refractivity contribution is -0.120. The quantitative estimate of drug-likeness (QED) is 0.268. The molecule has 1 amide bonds. The number of amides is 1. The van der Waals surface area contributed by atoms with Gasteiger partial charge in [-0.15, -0.1) is 0 Å². The van der Waals surface area contributed by atoms with Crippen LogP contribution in [0.2, 0.25) is 0 Å². The van der Waals surface area contributed by atoms with Gasteiger partial charge < -0.3 is 0 Å². The number of hydrogen-bond donors (Lipinski definition) is 1. The van der Waals surface area contributed by atoms with Crippen LogP contribution in [0.3, 0.4) is 0 Å². The van der Waals surface area contributed by atoms with Crippen molar-refractivity contribution in [3.05, 3.63) is 94.5 Å². The molecular weight excluding hydrogens is 400 g/mol. The Labute approximate surface area is 165 Å². The number of halogens is 1. The van der Waals surface area contributed by atoms with Crippen molar-refractivity contribution in [2.75, 3.05) is 0 Å². The number of hydrogen-bond acceptors (Lipinski definition) is 2. The molecule has 0 atom stereocenters. The van der Waals surface area contributed by atoms with E-state index in [9.17, 15) is 4.79 Å². The summed E-state index contributed by atoms with van der Waals surface area (Å²) in [5, 5.41) is 8.75. The fourth-order valence-corrected chi connectivity index (χ4v) is 3.45. The molecule has 132 valence electrons. The van der Waals surface area contributed by atoms with Crippen molar-refractivity contribution in [1.29, 1.82) is 0 Å². The molecular formula is C23H17BrN2O. The van der Waals surface area contributed by atoms with Crippen molar-refractivity contribution in [2.24, 2.45) is 5.10 Å². The smallest absolute Gasteiger partial charge is 0.244 e. The molecule has 0 aliphatic heterocycles. The minimum Gasteiger partial charge on any atom is -0.273 e. The molecule has 1 N–H and O–H groups in total. The van der Waals surface area contributed by atoms with E-state index in [0.29, 0.717) is 6.42 Å². The zero-order valence-electron chi connectivity index (χ0n) is 14.5. The number of nitrogens with zero attached hydrogens (tertiary/aromatic N) is 1. The highest BCUT2D eigenvalue weighted by atomic mass is 79.9. The minimum atomic E-state index is -0.141. The van der Waals surface area contributed by atoms with Gasteiger partial charge in [-0.25, -0.2) is 5.43 Å². The van der Waals surface area contributed by atoms with Crippen LogP contribution >= 0.6 is 15.9 Å². The molecule has 4 aromatic carbocycles. The molecule has 4 heteroatoms. The molecule has 4 aromatic rings. The summed E-state index contributed by atoms with van der Waals surface area (Å²) in [6.07, 6.45) is 2.03. The fraction of sp³-hybridized carbons (Fsp3) is 0.0435. The van der Waals surface area contributed by atoms with Gasteiger partial charge in [0.05, 0.1) is 12.6 Å². The Morgan fingerprint density at radius 1 is 0.889 bits per heavy atom. The van der Waals surface area contributed by atoms with Crippen LogP contribution in [0.25, 0.3) is 21.5 Å². The first kappa shape index (κ1) is 17.4. The van der Waals surface area contributed by atoms with E-state index in [2.05, 4.69) is 56.8 Å². The highest BCUT2D eigenvalue weighted by Crippen LogP contribution is 2.27. The highest BCUT2D eigenvalue weighted by molar-refractivity contribution is 9.10. The van der Waals surface area contributed by atoms with Gasteiger partial charge in [-0.1, -0.05) is 76.6 Å². The second kappa shape index (κ2) is 7.72. The van der Waals surface area contributed by atoms with Gasteiger partial charge in [0.25, 0.3) is 0 Å². The van der Waals surface area contributed by atoms with Crippen molar-refractivity contribution < 1.29 is 4.79 Å². The summed E-state index contributed by atoms with van der Waals surface area (Å²) >= 11 is 3.39. The van der Waals surface area contributed by atoms with E-state index in [4.69, 9.17) is 0 Å². The summed E-state index contributed by atoms with van der Waals surface area (Å²) in [5.41, 5.74) is 4.60. The summed E-state index contributed by atoms with van der Waals surface area (Å²) in [6, 6.07) is 26.3. The Bertz CT molecular complexity index is 1100. The van der Waals surface area contributed by atoms with Gasteiger partial charge in [0, 0.05) is 10.0 Å². The topological polar surface area (TPSA) is 41.5 Å². The third-order valence-electron chi connectivity index (χ3n) is 4.47. The van der Waals surface area contributed by atoms with Gasteiger partial charge in [-0.3, -0.25) is 4.79 Å². The van der Waals surface area contributed by atoms with Crippen molar-refractivity contribution in [3.8, 4) is 0 Å². The number of rotatable bonds is 4. The van der Waals surface area contributed by atoms with Crippen LogP contribution in [-0.2, 0) is 11.2 Å². The van der Waals surface area contributed by atoms with Crippen LogP contribution in [0.4, 0.5) is 0 Å². The Kier molecular flexibility index (Phi) is 4.99. The van der Waals surface area contributed by atoms with Crippen molar-refractivity contribution in [1.82, 2.24) is 5.43 Å². The SMILES string of the molecule is O=C(Cc1ccc(Br)cc1)NN=Cc1c2ccccc2cc2ccccc12. The lowest BCUT2D eigenvalue weighted by Crippen LogP contribution is -2.19. The second-order valence-electron chi connectivity index (χ2n) is 6.33. The average molecular weight is 417 g/mol. The number of benzene rings is 4. The molecule has 0 radical (unpaired) electrons. The van der Waals surface area contributed by atoms with E-state index in [1.165, 1.54) is 0 Å². The summed E-state index contributed by atoms with van der Waals surface area (Å²) in [4.78, 5) is 12.2. The Morgan fingerprint density at radius 3 is 2.11 bits per heavy atom. The maximum absolute atomic E-state index is 12.2. The summed E-state index contributed by atoms with van der Waals surface area (Å²) < 4.78 is 0.993. The van der Waals surface area contributed by atoms with Crippen LogP contribution in [0.1, 0.15) is 11.1 Å². The number of hydrazone groups is 1. The molecule has 0 fully saturated rings. The molecule has 0 aliphatic carbocycles. The van der Waals surface area contributed by atoms with Crippen LogP contribution in [0.5, 0.6) is 0 Å². The van der Waals surface area contributed by atoms with Gasteiger partial charge in [0.2, 0.25) is 5.91 Å². The van der Waals surface area contributed by atoms with Crippen molar-refractivity contribution in [2.45, 2.75) is 6.42 Å². The average Bonchev–Trinajstić information content (AvgIpc) is 2.69. The molecule has 0 saturated carbocycles. The fourth-order valence-electron chi connectivity index (χ4n) is 3.18. The molecule has 0 bridgehead atoms. The Morgan fingerprint density at radius 2 is 1.48 bits per heavy atom. The molecule has 0 saturated heterocycles. The Hall–Kier alpha value is -2.98. The predicted octanol–water partition coefficient (Wildman–Crippen LogP) is 5.45. The Balaban J connectivity index is 1.60. The summed E-state index contributed by atoms with van der Waals surface area (Å²) in [6.45, 7) is 0. The van der Waals surface area contributed by atoms with Gasteiger partial charge in [-0.2, -0.15) is 5.10 Å². The standard InChI is InChI=1S/C23H17BrN2O/c24-19-11-9-16(10-12-19)13-23(27)26-25-15-22-20-7-3-1-5-17(20)14-18-6-2-4-8-21(18)22/h1-12,14-15H,13H2,(H,26,27). The zero-order chi connectivity index (χ0) is 18.6. The van der Waals surface area contributed by atoms with E-state index in [0.717, 1.165) is 37.1 Å². The monoisotopic (exact) mass is 416 g/mol. The molecule has 0 heterocycles. The number of carbonyl (C=O) groups excluding carboxylic acids is 1. The van der Waals surface area contributed by atoms with Gasteiger partial charge in [0.1, 0.15) is 0 Å². The third kappa shape index (κ3) is 3.91. The summed E-state index contributed by atoms with van der Waals surface area (Å²) in [7, 11) is 0. The van der Waals surface area contributed by atoms with E-state index in [1.54, 1.807) is 6.21 Å². The largest absolute Gasteiger partial charge is 0.273 e. The van der Waals surface area contributed by atoms with Crippen LogP contribution in [-0.4, -0.2) is 12.1 Å². The molecule has 0 spiro atoms. The van der Waals surface area contributed by atoms with Crippen molar-refractivity contribution >= 4 is 49.6 Å². The van der Waals surface area contributed by atoms with E-state index >= 15 is 0 Å². The maximum Gasteiger partial charge on any atom is 0.244 e. The third-order valence-corrected chi connectivity index (χ3v) is 5.00. The number of fused-ring (bicyclic) bond motifs is 2. The van der Waals surface area contributed by atoms with Crippen LogP contribution in [0.15, 0.2) is 88.4 Å². The number of carbonyl (C=O) groups is 1. The van der Waals surface area contributed by atoms with Crippen LogP contribution in [0, 0.1) is 0 Å². The molecule has 0 aromatic heterocycles. The molecule has 0 aliphatic rings. The van der Waals surface area contributed by atoms with E-state index in [-0.39, 0.29) is 5.91 Å². The van der Waals surface area contributed by atoms with E-state index in [1.807, 2.05) is 48.5 Å². The van der Waals surface area contributed by atoms with E-state index < -0.39 is 0 Å². The van der Waals surface area contributed by atoms with Crippen molar-refractivity contribution in [3.63, 3.8) is 0 Å². The van der Waals surface area contributed by atoms with Gasteiger partial charge >= 0.3 is 0 Å². The minimum absolute atomic E-state index is 0.141. The lowest BCUT2D eigenvalue weighted by atomic mass is 9.97. The molecule has 0 unspecified atom stereocenters. The molecule has 3 nitrogen and oxygen atoms in total. The van der Waals surface area contributed by atoms with Gasteiger partial charge in [0.15, 0.2) is 0 Å². The first-order valence-corrected chi connectivity index (χ1v) is 9.47. The number of nitrogens with one attached hydrogen (secondary N) is 1. The second-order valence-corrected chi connectivity index (χ2v) is 7.24. The first-order valence-electron chi connectivity index (χ1n) is 8.67. The van der Waals surface area contributed by atoms with Crippen LogP contribution < -0.4 is 5.43 Å². The predicted molar refractivity (Wildman–Crippen MR) is 115 cm³/mol. The molecule has 27 heavy (non-hydrogen) atoms. The van der Waals surface area contributed by atoms with Gasteiger partial charge in [-0.05, 0) is 45.3 Å². The molecule has 4 rings (SSSR count). The zero-order valence-corrected chi connectivity index (χ0v) is 16.1. The summed E-state index contributed by atoms with van der Waals surface area (Å²) in [5.74, 6) is -0.141. The lowest BCUT2D eigenvalue weighted by Gasteiger charge is -2.08. The maximum atomic E-state index is 12.2. The first-order chi connectivity index (χ1) is 13.2. The normalized spacial score (nSPS) is 11.3. The highest BCUT2D eigenvalue weighted by Gasteiger charge is 2.06.